The van der Waals surface area contributed by atoms with Gasteiger partial charge in [-0.25, -0.2) is 14.6 Å². The number of hydrogen-bond donors (Lipinski definition) is 3. The Labute approximate surface area is 89.6 Å². The lowest BCUT2D eigenvalue weighted by atomic mass is 9.97. The van der Waals surface area contributed by atoms with Crippen LogP contribution in [-0.4, -0.2) is 41.8 Å². The minimum absolute atomic E-state index is 0.392. The van der Waals surface area contributed by atoms with Crippen molar-refractivity contribution in [1.82, 2.24) is 15.8 Å². The molecule has 88 valence electrons. The predicted octanol–water partition coefficient (Wildman–Crippen LogP) is 0.406. The Balaban J connectivity index is 4.41. The van der Waals surface area contributed by atoms with E-state index in [-0.39, 0.29) is 0 Å². The molecule has 0 radical (unpaired) electrons. The van der Waals surface area contributed by atoms with Gasteiger partial charge in [-0.15, -0.1) is 0 Å². The molecule has 0 rings (SSSR count). The molecule has 0 bridgehead atoms. The zero-order chi connectivity index (χ0) is 12.1. The van der Waals surface area contributed by atoms with Crippen molar-refractivity contribution in [1.29, 1.82) is 0 Å². The molecule has 2 amide bonds. The first kappa shape index (κ1) is 13.7. The van der Waals surface area contributed by atoms with Crippen molar-refractivity contribution in [3.8, 4) is 0 Å². The van der Waals surface area contributed by atoms with Crippen LogP contribution in [0.25, 0.3) is 0 Å². The summed E-state index contributed by atoms with van der Waals surface area (Å²) in [5, 5.41) is 12.9. The quantitative estimate of drug-likeness (QED) is 0.582. The number of carbonyl (C=O) groups excluding carboxylic acids is 1. The zero-order valence-corrected chi connectivity index (χ0v) is 9.63. The van der Waals surface area contributed by atoms with E-state index < -0.39 is 17.5 Å². The highest BCUT2D eigenvalue weighted by Crippen LogP contribution is 2.12. The van der Waals surface area contributed by atoms with Crippen molar-refractivity contribution < 1.29 is 14.7 Å². The third-order valence-corrected chi connectivity index (χ3v) is 1.94. The molecule has 6 nitrogen and oxygen atoms in total. The summed E-state index contributed by atoms with van der Waals surface area (Å²) in [6.45, 7) is 3.36. The summed E-state index contributed by atoms with van der Waals surface area (Å²) >= 11 is 0. The summed E-state index contributed by atoms with van der Waals surface area (Å²) in [5.41, 5.74) is 1.22. The molecular weight excluding hydrogens is 198 g/mol. The molecule has 3 N–H and O–H groups in total. The molecule has 0 aliphatic rings. The van der Waals surface area contributed by atoms with Crippen molar-refractivity contribution in [3.63, 3.8) is 0 Å². The van der Waals surface area contributed by atoms with Gasteiger partial charge in [0.2, 0.25) is 0 Å². The molecule has 0 spiro atoms. The van der Waals surface area contributed by atoms with Crippen LogP contribution in [0.3, 0.4) is 0 Å². The van der Waals surface area contributed by atoms with Gasteiger partial charge in [-0.3, -0.25) is 5.43 Å². The number of nitrogens with one attached hydrogen (secondary N) is 2. The van der Waals surface area contributed by atoms with E-state index in [2.05, 4.69) is 10.7 Å². The molecule has 15 heavy (non-hydrogen) atoms. The number of carboxylic acid groups (broad SMARTS) is 1. The van der Waals surface area contributed by atoms with Gasteiger partial charge in [-0.2, -0.15) is 0 Å². The van der Waals surface area contributed by atoms with E-state index in [1.165, 1.54) is 11.9 Å². The van der Waals surface area contributed by atoms with Gasteiger partial charge in [0.15, 0.2) is 0 Å². The number of carboxylic acids is 1. The Morgan fingerprint density at radius 1 is 1.40 bits per heavy atom. The lowest BCUT2D eigenvalue weighted by Crippen LogP contribution is -2.57. The van der Waals surface area contributed by atoms with Crippen LogP contribution in [0.5, 0.6) is 0 Å². The Morgan fingerprint density at radius 3 is 2.27 bits per heavy atom. The van der Waals surface area contributed by atoms with Crippen LogP contribution in [0.15, 0.2) is 0 Å². The number of carbonyl (C=O) groups is 2. The highest BCUT2D eigenvalue weighted by molar-refractivity contribution is 5.85. The Morgan fingerprint density at radius 2 is 1.93 bits per heavy atom. The number of urea groups is 1. The molecule has 0 saturated carbocycles. The average molecular weight is 217 g/mol. The van der Waals surface area contributed by atoms with Gasteiger partial charge < -0.3 is 10.4 Å². The van der Waals surface area contributed by atoms with Crippen LogP contribution in [0.1, 0.15) is 26.7 Å². The van der Waals surface area contributed by atoms with E-state index in [0.29, 0.717) is 12.8 Å². The Bertz CT molecular complexity index is 243. The number of nitrogens with zero attached hydrogens (tertiary/aromatic N) is 1. The van der Waals surface area contributed by atoms with Gasteiger partial charge >= 0.3 is 12.0 Å². The molecule has 0 aromatic rings. The fourth-order valence-electron chi connectivity index (χ4n) is 1.20. The number of rotatable bonds is 5. The number of aliphatic carboxylic acids is 1. The molecule has 0 saturated heterocycles. The highest BCUT2D eigenvalue weighted by atomic mass is 16.4. The Hall–Kier alpha value is -1.30. The normalized spacial score (nSPS) is 14.5. The van der Waals surface area contributed by atoms with Crippen LogP contribution in [0, 0.1) is 0 Å². The molecular formula is C9H19N3O3. The summed E-state index contributed by atoms with van der Waals surface area (Å²) < 4.78 is 0. The highest BCUT2D eigenvalue weighted by Gasteiger charge is 2.33. The molecule has 0 aromatic carbocycles. The minimum atomic E-state index is -1.21. The smallest absolute Gasteiger partial charge is 0.330 e. The first-order chi connectivity index (χ1) is 6.81. The summed E-state index contributed by atoms with van der Waals surface area (Å²) in [4.78, 5) is 22.3. The van der Waals surface area contributed by atoms with Crippen molar-refractivity contribution in [2.75, 3.05) is 14.1 Å². The number of hydrogen-bond acceptors (Lipinski definition) is 3. The van der Waals surface area contributed by atoms with E-state index in [1.54, 1.807) is 14.1 Å². The summed E-state index contributed by atoms with van der Waals surface area (Å²) in [5.74, 6) is -1.03. The van der Waals surface area contributed by atoms with Gasteiger partial charge in [0.25, 0.3) is 0 Å². The molecule has 0 fully saturated rings. The predicted molar refractivity (Wildman–Crippen MR) is 56.3 cm³/mol. The van der Waals surface area contributed by atoms with E-state index in [9.17, 15) is 9.59 Å². The third kappa shape index (κ3) is 4.64. The molecule has 6 heteroatoms. The molecule has 0 aromatic heterocycles. The molecule has 0 aliphatic carbocycles. The summed E-state index contributed by atoms with van der Waals surface area (Å²) in [6, 6.07) is -0.515. The van der Waals surface area contributed by atoms with Gasteiger partial charge in [-0.1, -0.05) is 13.3 Å². The fourth-order valence-corrected chi connectivity index (χ4v) is 1.20. The van der Waals surface area contributed by atoms with Crippen molar-refractivity contribution >= 4 is 12.0 Å². The van der Waals surface area contributed by atoms with E-state index in [4.69, 9.17) is 5.11 Å². The van der Waals surface area contributed by atoms with Crippen molar-refractivity contribution in [2.24, 2.45) is 0 Å². The van der Waals surface area contributed by atoms with E-state index in [1.807, 2.05) is 6.92 Å². The van der Waals surface area contributed by atoms with Crippen LogP contribution in [0.4, 0.5) is 4.79 Å². The van der Waals surface area contributed by atoms with Gasteiger partial charge in [0.05, 0.1) is 0 Å². The summed E-state index contributed by atoms with van der Waals surface area (Å²) in [7, 11) is 3.30. The van der Waals surface area contributed by atoms with E-state index in [0.717, 1.165) is 0 Å². The third-order valence-electron chi connectivity index (χ3n) is 1.94. The monoisotopic (exact) mass is 217 g/mol. The number of amides is 2. The molecule has 0 aliphatic heterocycles. The van der Waals surface area contributed by atoms with Crippen LogP contribution < -0.4 is 10.7 Å². The lowest BCUT2D eigenvalue weighted by molar-refractivity contribution is -0.144. The Kier molecular flexibility index (Phi) is 5.07. The fraction of sp³-hybridized carbons (Fsp3) is 0.778. The van der Waals surface area contributed by atoms with Crippen molar-refractivity contribution in [2.45, 2.75) is 32.2 Å². The minimum Gasteiger partial charge on any atom is -0.480 e. The molecule has 1 atom stereocenters. The van der Waals surface area contributed by atoms with Crippen LogP contribution in [0.2, 0.25) is 0 Å². The maximum Gasteiger partial charge on any atom is 0.330 e. The summed E-state index contributed by atoms with van der Waals surface area (Å²) in [6.07, 6.45) is 1.08. The average Bonchev–Trinajstić information content (AvgIpc) is 2.01. The first-order valence-corrected chi connectivity index (χ1v) is 4.81. The SMILES string of the molecule is CCCC(C)(NC(=O)NN(C)C)C(=O)O. The van der Waals surface area contributed by atoms with E-state index >= 15 is 0 Å². The van der Waals surface area contributed by atoms with Gasteiger partial charge in [0.1, 0.15) is 5.54 Å². The molecule has 0 heterocycles. The van der Waals surface area contributed by atoms with Gasteiger partial charge in [0, 0.05) is 14.1 Å². The lowest BCUT2D eigenvalue weighted by Gasteiger charge is -2.26. The standard InChI is InChI=1S/C9H19N3O3/c1-5-6-9(2,7(13)14)10-8(15)11-12(3)4/h5-6H2,1-4H3,(H,13,14)(H2,10,11,15). The largest absolute Gasteiger partial charge is 0.480 e. The zero-order valence-electron chi connectivity index (χ0n) is 9.63. The van der Waals surface area contributed by atoms with Crippen LogP contribution in [-0.2, 0) is 4.79 Å². The number of hydrazine groups is 1. The second-order valence-corrected chi connectivity index (χ2v) is 3.85. The van der Waals surface area contributed by atoms with Crippen LogP contribution >= 0.6 is 0 Å². The van der Waals surface area contributed by atoms with Gasteiger partial charge in [-0.05, 0) is 13.3 Å². The molecule has 1 unspecified atom stereocenters. The van der Waals surface area contributed by atoms with Crippen molar-refractivity contribution in [3.05, 3.63) is 0 Å². The topological polar surface area (TPSA) is 81.7 Å². The maximum atomic E-state index is 11.3. The first-order valence-electron chi connectivity index (χ1n) is 4.81. The second kappa shape index (κ2) is 5.55. The maximum absolute atomic E-state index is 11.3. The second-order valence-electron chi connectivity index (χ2n) is 3.85.